The zero-order valence-corrected chi connectivity index (χ0v) is 11.4. The van der Waals surface area contributed by atoms with Crippen LogP contribution in [0.3, 0.4) is 0 Å². The number of pyridine rings is 1. The molecule has 2 N–H and O–H groups in total. The Labute approximate surface area is 114 Å². The van der Waals surface area contributed by atoms with Crippen LogP contribution in [0.1, 0.15) is 56.3 Å². The van der Waals surface area contributed by atoms with E-state index in [1.165, 1.54) is 19.3 Å². The van der Waals surface area contributed by atoms with E-state index >= 15 is 0 Å². The van der Waals surface area contributed by atoms with E-state index in [1.54, 1.807) is 0 Å². The lowest BCUT2D eigenvalue weighted by Crippen LogP contribution is -2.19. The third-order valence-corrected chi connectivity index (χ3v) is 3.78. The highest BCUT2D eigenvalue weighted by atomic mass is 16.5. The molecule has 1 aliphatic heterocycles. The maximum atomic E-state index is 6.03. The molecular formula is C15H21N3O. The van der Waals surface area contributed by atoms with Crippen LogP contribution in [0.2, 0.25) is 0 Å². The van der Waals surface area contributed by atoms with Gasteiger partial charge in [0.2, 0.25) is 0 Å². The lowest BCUT2D eigenvalue weighted by Gasteiger charge is -2.19. The number of nitrogens with two attached hydrogens (primary N) is 1. The SMILES string of the molecule is CC(=NC1CCCCO1)c1nc(C2CC2)ccc1N. The van der Waals surface area contributed by atoms with Gasteiger partial charge in [0, 0.05) is 18.2 Å². The van der Waals surface area contributed by atoms with Gasteiger partial charge in [-0.15, -0.1) is 0 Å². The summed E-state index contributed by atoms with van der Waals surface area (Å²) in [6, 6.07) is 4.00. The molecule has 0 amide bonds. The van der Waals surface area contributed by atoms with E-state index in [0.717, 1.165) is 36.5 Å². The summed E-state index contributed by atoms with van der Waals surface area (Å²) in [5.74, 6) is 0.637. The molecule has 102 valence electrons. The molecule has 3 rings (SSSR count). The molecule has 0 spiro atoms. The van der Waals surface area contributed by atoms with Crippen molar-refractivity contribution in [2.45, 2.75) is 51.2 Å². The fraction of sp³-hybridized carbons (Fsp3) is 0.600. The highest BCUT2D eigenvalue weighted by Gasteiger charge is 2.25. The first-order valence-electron chi connectivity index (χ1n) is 7.17. The van der Waals surface area contributed by atoms with Gasteiger partial charge in [-0.2, -0.15) is 0 Å². The van der Waals surface area contributed by atoms with Gasteiger partial charge < -0.3 is 10.5 Å². The number of hydrogen-bond acceptors (Lipinski definition) is 4. The molecule has 1 saturated heterocycles. The van der Waals surface area contributed by atoms with Crippen LogP contribution in [0.25, 0.3) is 0 Å². The molecule has 1 aromatic rings. The van der Waals surface area contributed by atoms with Crippen LogP contribution in [0.5, 0.6) is 0 Å². The Balaban J connectivity index is 1.82. The topological polar surface area (TPSA) is 60.5 Å². The van der Waals surface area contributed by atoms with Crippen molar-refractivity contribution in [3.8, 4) is 0 Å². The van der Waals surface area contributed by atoms with Gasteiger partial charge in [0.15, 0.2) is 0 Å². The number of aromatic nitrogens is 1. The quantitative estimate of drug-likeness (QED) is 0.849. The van der Waals surface area contributed by atoms with E-state index in [-0.39, 0.29) is 6.23 Å². The number of anilines is 1. The van der Waals surface area contributed by atoms with E-state index in [4.69, 9.17) is 10.5 Å². The standard InChI is InChI=1S/C15H21N3O/c1-10(17-14-4-2-3-9-19-14)15-12(16)7-8-13(18-15)11-5-6-11/h7-8,11,14H,2-6,9,16H2,1H3. The molecule has 2 aliphatic rings. The summed E-state index contributed by atoms with van der Waals surface area (Å²) in [6.45, 7) is 2.79. The molecule has 1 atom stereocenters. The van der Waals surface area contributed by atoms with E-state index in [1.807, 2.05) is 19.1 Å². The number of rotatable bonds is 3. The van der Waals surface area contributed by atoms with Crippen LogP contribution in [-0.4, -0.2) is 23.5 Å². The van der Waals surface area contributed by atoms with Gasteiger partial charge in [-0.05, 0) is 51.2 Å². The average Bonchev–Trinajstić information content (AvgIpc) is 3.25. The molecule has 1 saturated carbocycles. The summed E-state index contributed by atoms with van der Waals surface area (Å²) in [6.07, 6.45) is 5.81. The second kappa shape index (κ2) is 5.29. The number of aliphatic imine (C=N–C) groups is 1. The molecule has 2 heterocycles. The first-order valence-corrected chi connectivity index (χ1v) is 7.17. The van der Waals surface area contributed by atoms with E-state index in [0.29, 0.717) is 11.6 Å². The van der Waals surface area contributed by atoms with Crippen LogP contribution in [0.4, 0.5) is 5.69 Å². The van der Waals surface area contributed by atoms with Gasteiger partial charge in [0.05, 0.1) is 11.4 Å². The summed E-state index contributed by atoms with van der Waals surface area (Å²) in [5.41, 5.74) is 9.62. The van der Waals surface area contributed by atoms with Crippen LogP contribution < -0.4 is 5.73 Å². The number of nitrogen functional groups attached to an aromatic ring is 1. The third kappa shape index (κ3) is 2.95. The van der Waals surface area contributed by atoms with Crippen molar-refractivity contribution >= 4 is 11.4 Å². The van der Waals surface area contributed by atoms with Crippen molar-refractivity contribution < 1.29 is 4.74 Å². The Morgan fingerprint density at radius 3 is 2.84 bits per heavy atom. The Morgan fingerprint density at radius 1 is 1.32 bits per heavy atom. The minimum atomic E-state index is -0.0143. The molecule has 1 aromatic heterocycles. The van der Waals surface area contributed by atoms with Gasteiger partial charge in [-0.25, -0.2) is 4.98 Å². The normalized spacial score (nSPS) is 24.5. The first kappa shape index (κ1) is 12.6. The molecule has 1 unspecified atom stereocenters. The minimum absolute atomic E-state index is 0.0143. The number of hydrogen-bond donors (Lipinski definition) is 1. The predicted molar refractivity (Wildman–Crippen MR) is 76.4 cm³/mol. The Kier molecular flexibility index (Phi) is 3.51. The van der Waals surface area contributed by atoms with E-state index in [9.17, 15) is 0 Å². The molecule has 19 heavy (non-hydrogen) atoms. The van der Waals surface area contributed by atoms with Gasteiger partial charge in [0.1, 0.15) is 11.9 Å². The Bertz CT molecular complexity index is 488. The maximum absolute atomic E-state index is 6.03. The van der Waals surface area contributed by atoms with Crippen molar-refractivity contribution in [2.24, 2.45) is 4.99 Å². The van der Waals surface area contributed by atoms with Gasteiger partial charge in [0.25, 0.3) is 0 Å². The van der Waals surface area contributed by atoms with Crippen LogP contribution in [-0.2, 0) is 4.74 Å². The fourth-order valence-corrected chi connectivity index (χ4v) is 2.48. The average molecular weight is 259 g/mol. The second-order valence-electron chi connectivity index (χ2n) is 5.48. The van der Waals surface area contributed by atoms with Crippen molar-refractivity contribution in [1.82, 2.24) is 4.98 Å². The van der Waals surface area contributed by atoms with Gasteiger partial charge in [-0.1, -0.05) is 0 Å². The number of ether oxygens (including phenoxy) is 1. The van der Waals surface area contributed by atoms with E-state index in [2.05, 4.69) is 9.98 Å². The molecule has 2 fully saturated rings. The van der Waals surface area contributed by atoms with Crippen molar-refractivity contribution in [3.05, 3.63) is 23.5 Å². The first-order chi connectivity index (χ1) is 9.24. The number of nitrogens with zero attached hydrogens (tertiary/aromatic N) is 2. The molecule has 0 bridgehead atoms. The Morgan fingerprint density at radius 2 is 2.16 bits per heavy atom. The van der Waals surface area contributed by atoms with Gasteiger partial charge in [-0.3, -0.25) is 4.99 Å². The molecule has 0 radical (unpaired) electrons. The van der Waals surface area contributed by atoms with Crippen molar-refractivity contribution in [2.75, 3.05) is 12.3 Å². The zero-order chi connectivity index (χ0) is 13.2. The fourth-order valence-electron chi connectivity index (χ4n) is 2.48. The largest absolute Gasteiger partial charge is 0.397 e. The van der Waals surface area contributed by atoms with Gasteiger partial charge >= 0.3 is 0 Å². The molecule has 1 aliphatic carbocycles. The lowest BCUT2D eigenvalue weighted by molar-refractivity contribution is 0.0223. The summed E-state index contributed by atoms with van der Waals surface area (Å²) >= 11 is 0. The Hall–Kier alpha value is -1.42. The molecule has 0 aromatic carbocycles. The summed E-state index contributed by atoms with van der Waals surface area (Å²) in [7, 11) is 0. The molecule has 4 nitrogen and oxygen atoms in total. The summed E-state index contributed by atoms with van der Waals surface area (Å²) in [5, 5.41) is 0. The molecular weight excluding hydrogens is 238 g/mol. The highest BCUT2D eigenvalue weighted by molar-refractivity contribution is 6.01. The highest BCUT2D eigenvalue weighted by Crippen LogP contribution is 2.39. The molecule has 4 heteroatoms. The maximum Gasteiger partial charge on any atom is 0.148 e. The van der Waals surface area contributed by atoms with Crippen LogP contribution in [0.15, 0.2) is 17.1 Å². The zero-order valence-electron chi connectivity index (χ0n) is 11.4. The summed E-state index contributed by atoms with van der Waals surface area (Å²) < 4.78 is 5.64. The van der Waals surface area contributed by atoms with Crippen LogP contribution in [0, 0.1) is 0 Å². The van der Waals surface area contributed by atoms with Crippen molar-refractivity contribution in [1.29, 1.82) is 0 Å². The summed E-state index contributed by atoms with van der Waals surface area (Å²) in [4.78, 5) is 9.33. The van der Waals surface area contributed by atoms with Crippen molar-refractivity contribution in [3.63, 3.8) is 0 Å². The lowest BCUT2D eigenvalue weighted by atomic mass is 10.1. The van der Waals surface area contributed by atoms with E-state index < -0.39 is 0 Å². The second-order valence-corrected chi connectivity index (χ2v) is 5.48. The van der Waals surface area contributed by atoms with Crippen LogP contribution >= 0.6 is 0 Å². The third-order valence-electron chi connectivity index (χ3n) is 3.78. The smallest absolute Gasteiger partial charge is 0.148 e. The minimum Gasteiger partial charge on any atom is -0.397 e. The predicted octanol–water partition coefficient (Wildman–Crippen LogP) is 2.88. The monoisotopic (exact) mass is 259 g/mol.